The summed E-state index contributed by atoms with van der Waals surface area (Å²) in [6, 6.07) is 12.4. The van der Waals surface area contributed by atoms with E-state index in [1.807, 2.05) is 0 Å². The molecule has 140 valence electrons. The number of hydrogen-bond donors (Lipinski definition) is 1. The summed E-state index contributed by atoms with van der Waals surface area (Å²) < 4.78 is 45.3. The molecule has 1 amide bonds. The normalized spacial score (nSPS) is 11.3. The highest BCUT2D eigenvalue weighted by atomic mass is 19.4. The first-order valence-electron chi connectivity index (χ1n) is 7.82. The van der Waals surface area contributed by atoms with Crippen molar-refractivity contribution in [2.45, 2.75) is 6.18 Å². The van der Waals surface area contributed by atoms with Crippen LogP contribution in [0.5, 0.6) is 5.75 Å². The Balaban J connectivity index is 1.93. The van der Waals surface area contributed by atoms with E-state index in [1.165, 1.54) is 32.4 Å². The van der Waals surface area contributed by atoms with Crippen LogP contribution in [-0.4, -0.2) is 30.0 Å². The highest BCUT2D eigenvalue weighted by Crippen LogP contribution is 2.34. The van der Waals surface area contributed by atoms with Crippen molar-refractivity contribution >= 4 is 22.8 Å². The van der Waals surface area contributed by atoms with Crippen LogP contribution in [0.1, 0.15) is 16.1 Å². The van der Waals surface area contributed by atoms with Gasteiger partial charge in [-0.3, -0.25) is 15.2 Å². The zero-order valence-electron chi connectivity index (χ0n) is 14.4. The molecule has 0 aliphatic carbocycles. The van der Waals surface area contributed by atoms with E-state index in [2.05, 4.69) is 15.4 Å². The molecule has 0 radical (unpaired) electrons. The van der Waals surface area contributed by atoms with Crippen LogP contribution >= 0.6 is 0 Å². The number of fused-ring (bicyclic) bond motifs is 1. The second kappa shape index (κ2) is 7.10. The number of para-hydroxylation sites is 2. The third-order valence-electron chi connectivity index (χ3n) is 3.76. The number of aromatic nitrogens is 2. The number of nitrogens with one attached hydrogen (secondary N) is 1. The fraction of sp³-hybridized carbons (Fsp3) is 0.167. The Labute approximate surface area is 152 Å². The smallest absolute Gasteiger partial charge is 0.437 e. The SMILES string of the molecule is COc1ccc(C(=O)NN(C)c2nc3ccccc3nc2C(F)(F)F)cc1. The Morgan fingerprint density at radius 1 is 1.04 bits per heavy atom. The molecule has 2 aromatic carbocycles. The van der Waals surface area contributed by atoms with Crippen LogP contribution in [0.3, 0.4) is 0 Å². The molecule has 0 fully saturated rings. The molecule has 3 rings (SSSR count). The molecule has 9 heteroatoms. The Kier molecular flexibility index (Phi) is 4.85. The molecule has 3 aromatic rings. The number of methoxy groups -OCH3 is 1. The van der Waals surface area contributed by atoms with Gasteiger partial charge in [0.05, 0.1) is 18.1 Å². The van der Waals surface area contributed by atoms with E-state index in [-0.39, 0.29) is 16.6 Å². The first-order chi connectivity index (χ1) is 12.8. The number of ether oxygens (including phenoxy) is 1. The number of alkyl halides is 3. The fourth-order valence-corrected chi connectivity index (χ4v) is 2.43. The van der Waals surface area contributed by atoms with Crippen LogP contribution in [0.15, 0.2) is 48.5 Å². The molecule has 0 atom stereocenters. The molecular formula is C18H15F3N4O2. The molecule has 0 bridgehead atoms. The third-order valence-corrected chi connectivity index (χ3v) is 3.76. The highest BCUT2D eigenvalue weighted by molar-refractivity contribution is 5.95. The van der Waals surface area contributed by atoms with E-state index in [9.17, 15) is 18.0 Å². The molecule has 27 heavy (non-hydrogen) atoms. The molecule has 1 aromatic heterocycles. The molecule has 0 saturated heterocycles. The van der Waals surface area contributed by atoms with Gasteiger partial charge in [0.25, 0.3) is 5.91 Å². The lowest BCUT2D eigenvalue weighted by Crippen LogP contribution is -2.41. The standard InChI is InChI=1S/C18H15F3N4O2/c1-25(24-17(26)11-7-9-12(27-2)10-8-11)16-15(18(19,20)21)22-13-5-3-4-6-14(13)23-16/h3-10H,1-2H3,(H,24,26). The molecule has 0 aliphatic heterocycles. The minimum atomic E-state index is -4.73. The highest BCUT2D eigenvalue weighted by Gasteiger charge is 2.38. The van der Waals surface area contributed by atoms with Gasteiger partial charge in [-0.15, -0.1) is 0 Å². The first-order valence-corrected chi connectivity index (χ1v) is 7.82. The summed E-state index contributed by atoms with van der Waals surface area (Å²) in [6.45, 7) is 0. The van der Waals surface area contributed by atoms with Crippen molar-refractivity contribution in [2.24, 2.45) is 0 Å². The zero-order chi connectivity index (χ0) is 19.6. The first kappa shape index (κ1) is 18.4. The molecule has 0 saturated carbocycles. The van der Waals surface area contributed by atoms with Crippen LogP contribution < -0.4 is 15.2 Å². The summed E-state index contributed by atoms with van der Waals surface area (Å²) in [7, 11) is 2.76. The van der Waals surface area contributed by atoms with Gasteiger partial charge in [-0.2, -0.15) is 13.2 Å². The van der Waals surface area contributed by atoms with Crippen molar-refractivity contribution in [2.75, 3.05) is 19.2 Å². The molecule has 6 nitrogen and oxygen atoms in total. The molecular weight excluding hydrogens is 361 g/mol. The van der Waals surface area contributed by atoms with Crippen LogP contribution in [0, 0.1) is 0 Å². The Morgan fingerprint density at radius 2 is 1.63 bits per heavy atom. The van der Waals surface area contributed by atoms with Gasteiger partial charge in [-0.05, 0) is 36.4 Å². The van der Waals surface area contributed by atoms with Gasteiger partial charge in [-0.1, -0.05) is 12.1 Å². The number of benzene rings is 2. The number of halogens is 3. The minimum absolute atomic E-state index is 0.114. The molecule has 1 heterocycles. The number of hydrogen-bond acceptors (Lipinski definition) is 5. The van der Waals surface area contributed by atoms with Gasteiger partial charge in [0, 0.05) is 12.6 Å². The summed E-state index contributed by atoms with van der Waals surface area (Å²) in [6.07, 6.45) is -4.73. The summed E-state index contributed by atoms with van der Waals surface area (Å²) >= 11 is 0. The van der Waals surface area contributed by atoms with Crippen LogP contribution in [0.4, 0.5) is 19.0 Å². The van der Waals surface area contributed by atoms with E-state index in [0.29, 0.717) is 5.75 Å². The number of nitrogens with zero attached hydrogens (tertiary/aromatic N) is 3. The second-order valence-corrected chi connectivity index (χ2v) is 5.61. The lowest BCUT2D eigenvalue weighted by Gasteiger charge is -2.22. The van der Waals surface area contributed by atoms with E-state index in [4.69, 9.17) is 4.74 Å². The molecule has 1 N–H and O–H groups in total. The molecule has 0 spiro atoms. The van der Waals surface area contributed by atoms with E-state index in [0.717, 1.165) is 5.01 Å². The van der Waals surface area contributed by atoms with Crippen LogP contribution in [-0.2, 0) is 6.18 Å². The summed E-state index contributed by atoms with van der Waals surface area (Å²) in [5, 5.41) is 0.912. The van der Waals surface area contributed by atoms with Crippen molar-refractivity contribution < 1.29 is 22.7 Å². The number of rotatable bonds is 4. The number of anilines is 1. The third kappa shape index (κ3) is 3.91. The van der Waals surface area contributed by atoms with Crippen molar-refractivity contribution in [3.05, 3.63) is 59.8 Å². The van der Waals surface area contributed by atoms with Crippen molar-refractivity contribution in [3.63, 3.8) is 0 Å². The van der Waals surface area contributed by atoms with E-state index >= 15 is 0 Å². The predicted octanol–water partition coefficient (Wildman–Crippen LogP) is 3.44. The summed E-state index contributed by atoms with van der Waals surface area (Å²) in [5.41, 5.74) is 1.85. The summed E-state index contributed by atoms with van der Waals surface area (Å²) in [5.74, 6) is -0.536. The monoisotopic (exact) mass is 376 g/mol. The molecule has 0 unspecified atom stereocenters. The number of hydrazine groups is 1. The second-order valence-electron chi connectivity index (χ2n) is 5.61. The van der Waals surface area contributed by atoms with Crippen molar-refractivity contribution in [1.82, 2.24) is 15.4 Å². The van der Waals surface area contributed by atoms with Gasteiger partial charge < -0.3 is 4.74 Å². The average molecular weight is 376 g/mol. The number of carbonyl (C=O) groups is 1. The van der Waals surface area contributed by atoms with E-state index < -0.39 is 23.6 Å². The zero-order valence-corrected chi connectivity index (χ0v) is 14.4. The molecule has 0 aliphatic rings. The van der Waals surface area contributed by atoms with Crippen LogP contribution in [0.25, 0.3) is 11.0 Å². The van der Waals surface area contributed by atoms with Gasteiger partial charge in [-0.25, -0.2) is 9.97 Å². The number of carbonyl (C=O) groups excluding carboxylic acids is 1. The minimum Gasteiger partial charge on any atom is -0.497 e. The maximum atomic E-state index is 13.4. The lowest BCUT2D eigenvalue weighted by molar-refractivity contribution is -0.140. The average Bonchev–Trinajstić information content (AvgIpc) is 2.66. The Hall–Kier alpha value is -3.36. The van der Waals surface area contributed by atoms with E-state index in [1.54, 1.807) is 30.3 Å². The number of amides is 1. The largest absolute Gasteiger partial charge is 0.497 e. The van der Waals surface area contributed by atoms with Crippen molar-refractivity contribution in [1.29, 1.82) is 0 Å². The topological polar surface area (TPSA) is 67.3 Å². The van der Waals surface area contributed by atoms with Gasteiger partial charge in [0.2, 0.25) is 0 Å². The maximum Gasteiger partial charge on any atom is 0.437 e. The van der Waals surface area contributed by atoms with Crippen LogP contribution in [0.2, 0.25) is 0 Å². The quantitative estimate of drug-likeness (QED) is 0.707. The lowest BCUT2D eigenvalue weighted by atomic mass is 10.2. The fourth-order valence-electron chi connectivity index (χ4n) is 2.43. The Bertz CT molecular complexity index is 974. The predicted molar refractivity (Wildman–Crippen MR) is 93.4 cm³/mol. The summed E-state index contributed by atoms with van der Waals surface area (Å²) in [4.78, 5) is 20.0. The Morgan fingerprint density at radius 3 is 2.19 bits per heavy atom. The maximum absolute atomic E-state index is 13.4. The van der Waals surface area contributed by atoms with Crippen molar-refractivity contribution in [3.8, 4) is 5.75 Å². The van der Waals surface area contributed by atoms with Gasteiger partial charge in [0.15, 0.2) is 11.5 Å². The van der Waals surface area contributed by atoms with Gasteiger partial charge >= 0.3 is 6.18 Å². The van der Waals surface area contributed by atoms with Gasteiger partial charge in [0.1, 0.15) is 5.75 Å².